The van der Waals surface area contributed by atoms with Gasteiger partial charge in [0.15, 0.2) is 0 Å². The Bertz CT molecular complexity index is 433. The fraction of sp³-hybridized carbons (Fsp3) is 0.615. The lowest BCUT2D eigenvalue weighted by molar-refractivity contribution is -0.0978. The molecule has 0 bridgehead atoms. The normalized spacial score (nSPS) is 26.2. The summed E-state index contributed by atoms with van der Waals surface area (Å²) in [5, 5.41) is 12.3. The first kappa shape index (κ1) is 12.6. The Labute approximate surface area is 106 Å². The molecule has 4 heteroatoms. The van der Waals surface area contributed by atoms with E-state index in [1.54, 1.807) is 18.4 Å². The molecule has 0 aromatic carbocycles. The average Bonchev–Trinajstić information content (AvgIpc) is 2.76. The number of nitrogens with one attached hydrogen (secondary N) is 1. The molecule has 3 nitrogen and oxygen atoms in total. The van der Waals surface area contributed by atoms with E-state index in [1.807, 2.05) is 12.1 Å². The quantitative estimate of drug-likeness (QED) is 0.893. The van der Waals surface area contributed by atoms with Crippen LogP contribution in [0.1, 0.15) is 30.0 Å². The van der Waals surface area contributed by atoms with Crippen molar-refractivity contribution in [1.82, 2.24) is 5.32 Å². The van der Waals surface area contributed by atoms with Gasteiger partial charge in [-0.15, -0.1) is 11.3 Å². The van der Waals surface area contributed by atoms with Crippen LogP contribution in [-0.4, -0.2) is 19.3 Å². The van der Waals surface area contributed by atoms with E-state index in [4.69, 9.17) is 10.00 Å². The van der Waals surface area contributed by atoms with Crippen LogP contribution in [0.5, 0.6) is 0 Å². The van der Waals surface area contributed by atoms with Crippen LogP contribution < -0.4 is 5.32 Å². The number of hydrogen-bond donors (Lipinski definition) is 1. The molecular weight excluding hydrogens is 232 g/mol. The minimum atomic E-state index is 0.198. The average molecular weight is 250 g/mol. The maximum Gasteiger partial charge on any atom is 0.110 e. The molecule has 2 atom stereocenters. The van der Waals surface area contributed by atoms with E-state index in [9.17, 15) is 0 Å². The third-order valence-electron chi connectivity index (χ3n) is 3.76. The van der Waals surface area contributed by atoms with Crippen LogP contribution in [0.15, 0.2) is 12.1 Å². The Morgan fingerprint density at radius 3 is 2.88 bits per heavy atom. The Hall–Kier alpha value is -0.890. The highest BCUT2D eigenvalue weighted by molar-refractivity contribution is 7.12. The Kier molecular flexibility index (Phi) is 3.53. The van der Waals surface area contributed by atoms with Gasteiger partial charge in [0.2, 0.25) is 0 Å². The van der Waals surface area contributed by atoms with Crippen molar-refractivity contribution in [2.24, 2.45) is 5.41 Å². The topological polar surface area (TPSA) is 45.0 Å². The first-order valence-electron chi connectivity index (χ1n) is 5.83. The molecule has 2 unspecified atom stereocenters. The first-order valence-corrected chi connectivity index (χ1v) is 6.64. The van der Waals surface area contributed by atoms with Gasteiger partial charge in [-0.1, -0.05) is 13.8 Å². The predicted octanol–water partition coefficient (Wildman–Crippen LogP) is 2.52. The molecule has 17 heavy (non-hydrogen) atoms. The largest absolute Gasteiger partial charge is 0.381 e. The molecule has 1 aliphatic rings. The van der Waals surface area contributed by atoms with E-state index in [1.165, 1.54) is 4.88 Å². The number of hydrogen-bond acceptors (Lipinski definition) is 4. The molecule has 1 aliphatic carbocycles. The van der Waals surface area contributed by atoms with Gasteiger partial charge in [-0.3, -0.25) is 0 Å². The van der Waals surface area contributed by atoms with Crippen molar-refractivity contribution in [3.63, 3.8) is 0 Å². The van der Waals surface area contributed by atoms with Gasteiger partial charge >= 0.3 is 0 Å². The van der Waals surface area contributed by atoms with Gasteiger partial charge in [-0.25, -0.2) is 0 Å². The molecule has 2 rings (SSSR count). The molecule has 1 aromatic heterocycles. The smallest absolute Gasteiger partial charge is 0.110 e. The second-order valence-corrected chi connectivity index (χ2v) is 6.26. The zero-order valence-corrected chi connectivity index (χ0v) is 11.3. The third kappa shape index (κ3) is 2.37. The summed E-state index contributed by atoms with van der Waals surface area (Å²) in [6, 6.07) is 6.57. The molecular formula is C13H18N2OS. The fourth-order valence-electron chi connectivity index (χ4n) is 2.39. The minimum absolute atomic E-state index is 0.198. The van der Waals surface area contributed by atoms with Gasteiger partial charge in [0.1, 0.15) is 10.9 Å². The van der Waals surface area contributed by atoms with Crippen molar-refractivity contribution in [2.45, 2.75) is 39.0 Å². The van der Waals surface area contributed by atoms with E-state index >= 15 is 0 Å². The highest BCUT2D eigenvalue weighted by Gasteiger charge is 2.48. The van der Waals surface area contributed by atoms with Crippen LogP contribution >= 0.6 is 11.3 Å². The second-order valence-electron chi connectivity index (χ2n) is 5.09. The molecule has 92 valence electrons. The minimum Gasteiger partial charge on any atom is -0.381 e. The van der Waals surface area contributed by atoms with E-state index in [0.29, 0.717) is 12.1 Å². The fourth-order valence-corrected chi connectivity index (χ4v) is 3.14. The summed E-state index contributed by atoms with van der Waals surface area (Å²) >= 11 is 1.56. The van der Waals surface area contributed by atoms with Crippen molar-refractivity contribution in [1.29, 1.82) is 5.26 Å². The molecule has 1 heterocycles. The number of nitrogens with zero attached hydrogens (tertiary/aromatic N) is 1. The molecule has 0 saturated heterocycles. The van der Waals surface area contributed by atoms with Crippen molar-refractivity contribution in [3.05, 3.63) is 21.9 Å². The Morgan fingerprint density at radius 1 is 1.59 bits per heavy atom. The third-order valence-corrected chi connectivity index (χ3v) is 4.75. The van der Waals surface area contributed by atoms with Crippen molar-refractivity contribution in [2.75, 3.05) is 7.11 Å². The summed E-state index contributed by atoms with van der Waals surface area (Å²) in [6.07, 6.45) is 1.43. The number of ether oxygens (including phenoxy) is 1. The molecule has 0 spiro atoms. The molecule has 0 aliphatic heterocycles. The van der Waals surface area contributed by atoms with Crippen LogP contribution in [0.2, 0.25) is 0 Å². The molecule has 0 amide bonds. The number of nitriles is 1. The first-order chi connectivity index (χ1) is 8.07. The van der Waals surface area contributed by atoms with Crippen LogP contribution in [0.3, 0.4) is 0 Å². The molecule has 1 N–H and O–H groups in total. The predicted molar refractivity (Wildman–Crippen MR) is 68.9 cm³/mol. The maximum atomic E-state index is 8.76. The summed E-state index contributed by atoms with van der Waals surface area (Å²) < 4.78 is 5.42. The molecule has 1 aromatic rings. The van der Waals surface area contributed by atoms with Gasteiger partial charge in [0.05, 0.1) is 6.10 Å². The maximum absolute atomic E-state index is 8.76. The summed E-state index contributed by atoms with van der Waals surface area (Å²) in [5.41, 5.74) is 0.198. The van der Waals surface area contributed by atoms with E-state index < -0.39 is 0 Å². The van der Waals surface area contributed by atoms with Crippen LogP contribution in [0, 0.1) is 16.7 Å². The monoisotopic (exact) mass is 250 g/mol. The van der Waals surface area contributed by atoms with Gasteiger partial charge in [-0.05, 0) is 18.6 Å². The van der Waals surface area contributed by atoms with E-state index in [0.717, 1.165) is 17.8 Å². The highest BCUT2D eigenvalue weighted by atomic mass is 32.1. The molecule has 0 radical (unpaired) electrons. The zero-order valence-electron chi connectivity index (χ0n) is 10.5. The number of rotatable bonds is 4. The van der Waals surface area contributed by atoms with Crippen molar-refractivity contribution < 1.29 is 4.74 Å². The lowest BCUT2D eigenvalue weighted by atomic mass is 9.64. The standard InChI is InChI=1S/C13H18N2OS/c1-13(2)11(6-12(13)16-3)15-8-10-5-4-9(7-14)17-10/h4-5,11-12,15H,6,8H2,1-3H3. The second kappa shape index (κ2) is 4.77. The lowest BCUT2D eigenvalue weighted by Crippen LogP contribution is -2.60. The summed E-state index contributed by atoms with van der Waals surface area (Å²) in [5.74, 6) is 0. The van der Waals surface area contributed by atoms with Crippen LogP contribution in [-0.2, 0) is 11.3 Å². The van der Waals surface area contributed by atoms with Gasteiger partial charge in [0, 0.05) is 30.0 Å². The van der Waals surface area contributed by atoms with Gasteiger partial charge < -0.3 is 10.1 Å². The Balaban J connectivity index is 1.86. The van der Waals surface area contributed by atoms with Crippen LogP contribution in [0.25, 0.3) is 0 Å². The van der Waals surface area contributed by atoms with Crippen LogP contribution in [0.4, 0.5) is 0 Å². The van der Waals surface area contributed by atoms with Gasteiger partial charge in [-0.2, -0.15) is 5.26 Å². The van der Waals surface area contributed by atoms with Crippen molar-refractivity contribution >= 4 is 11.3 Å². The zero-order chi connectivity index (χ0) is 12.5. The van der Waals surface area contributed by atoms with Gasteiger partial charge in [0.25, 0.3) is 0 Å². The Morgan fingerprint density at radius 2 is 2.35 bits per heavy atom. The van der Waals surface area contributed by atoms with Crippen molar-refractivity contribution in [3.8, 4) is 6.07 Å². The number of thiophene rings is 1. The summed E-state index contributed by atoms with van der Waals surface area (Å²) in [7, 11) is 1.78. The summed E-state index contributed by atoms with van der Waals surface area (Å²) in [6.45, 7) is 5.31. The molecule has 1 fully saturated rings. The number of methoxy groups -OCH3 is 1. The molecule has 1 saturated carbocycles. The lowest BCUT2D eigenvalue weighted by Gasteiger charge is -2.51. The SMILES string of the molecule is COC1CC(NCc2ccc(C#N)s2)C1(C)C. The highest BCUT2D eigenvalue weighted by Crippen LogP contribution is 2.42. The van der Waals surface area contributed by atoms with E-state index in [2.05, 4.69) is 25.2 Å². The summed E-state index contributed by atoms with van der Waals surface area (Å²) in [4.78, 5) is 2.00. The van der Waals surface area contributed by atoms with E-state index in [-0.39, 0.29) is 5.41 Å².